The summed E-state index contributed by atoms with van der Waals surface area (Å²) in [5, 5.41) is 23.6. The van der Waals surface area contributed by atoms with Gasteiger partial charge in [-0.2, -0.15) is 0 Å². The van der Waals surface area contributed by atoms with Crippen LogP contribution in [0.5, 0.6) is 0 Å². The molecule has 0 spiro atoms. The summed E-state index contributed by atoms with van der Waals surface area (Å²) >= 11 is 0. The van der Waals surface area contributed by atoms with E-state index >= 15 is 0 Å². The molecular weight excluding hydrogens is 298 g/mol. The second-order valence-corrected chi connectivity index (χ2v) is 4.79. The number of anilines is 2. The first kappa shape index (κ1) is 16.6. The molecule has 1 heterocycles. The van der Waals surface area contributed by atoms with Crippen LogP contribution in [0.2, 0.25) is 0 Å². The third-order valence-corrected chi connectivity index (χ3v) is 3.34. The minimum Gasteiger partial charge on any atom is -0.395 e. The van der Waals surface area contributed by atoms with E-state index in [1.54, 1.807) is 4.90 Å². The van der Waals surface area contributed by atoms with E-state index < -0.39 is 4.92 Å². The molecule has 0 bridgehead atoms. The number of likely N-dealkylation sites (N-methyl/N-ethyl adjacent to an activating group) is 1. The lowest BCUT2D eigenvalue weighted by atomic mass is 10.2. The van der Waals surface area contributed by atoms with Gasteiger partial charge in [0.25, 0.3) is 0 Å². The highest BCUT2D eigenvalue weighted by molar-refractivity contribution is 5.70. The molecule has 1 aromatic heterocycles. The van der Waals surface area contributed by atoms with Crippen molar-refractivity contribution in [2.75, 3.05) is 29.9 Å². The van der Waals surface area contributed by atoms with Crippen molar-refractivity contribution in [1.29, 1.82) is 0 Å². The Labute approximate surface area is 134 Å². The Bertz CT molecular complexity index is 651. The fourth-order valence-electron chi connectivity index (χ4n) is 2.21. The molecule has 0 aliphatic carbocycles. The Hall–Kier alpha value is -2.74. The maximum atomic E-state index is 11.5. The second kappa shape index (κ2) is 8.04. The summed E-state index contributed by atoms with van der Waals surface area (Å²) in [5.41, 5.74) is 0.809. The molecule has 0 unspecified atom stereocenters. The second-order valence-electron chi connectivity index (χ2n) is 4.79. The topological polar surface area (TPSA) is 104 Å². The number of benzene rings is 1. The van der Waals surface area contributed by atoms with Crippen LogP contribution in [0.25, 0.3) is 0 Å². The maximum Gasteiger partial charge on any atom is 0.353 e. The van der Waals surface area contributed by atoms with Gasteiger partial charge < -0.3 is 15.3 Å². The van der Waals surface area contributed by atoms with E-state index in [4.69, 9.17) is 5.11 Å². The third kappa shape index (κ3) is 4.13. The number of aromatic nitrogens is 2. The van der Waals surface area contributed by atoms with Crippen LogP contribution in [0.1, 0.15) is 12.5 Å². The number of nitrogens with one attached hydrogen (secondary N) is 1. The van der Waals surface area contributed by atoms with Crippen molar-refractivity contribution in [3.05, 3.63) is 52.3 Å². The van der Waals surface area contributed by atoms with E-state index in [1.807, 2.05) is 37.3 Å². The summed E-state index contributed by atoms with van der Waals surface area (Å²) < 4.78 is 0. The van der Waals surface area contributed by atoms with Gasteiger partial charge in [0.05, 0.1) is 11.5 Å². The number of nitrogens with zero attached hydrogens (tertiary/aromatic N) is 4. The van der Waals surface area contributed by atoms with E-state index in [9.17, 15) is 10.1 Å². The van der Waals surface area contributed by atoms with Crippen molar-refractivity contribution in [3.63, 3.8) is 0 Å². The highest BCUT2D eigenvalue weighted by Gasteiger charge is 2.26. The van der Waals surface area contributed by atoms with Gasteiger partial charge in [-0.05, 0) is 12.5 Å². The molecule has 2 rings (SSSR count). The minimum atomic E-state index is -0.497. The molecule has 0 atom stereocenters. The quantitative estimate of drug-likeness (QED) is 0.565. The van der Waals surface area contributed by atoms with Crippen LogP contribution >= 0.6 is 0 Å². The van der Waals surface area contributed by atoms with Crippen molar-refractivity contribution in [3.8, 4) is 0 Å². The molecule has 23 heavy (non-hydrogen) atoms. The Morgan fingerprint density at radius 3 is 2.65 bits per heavy atom. The zero-order chi connectivity index (χ0) is 16.7. The lowest BCUT2D eigenvalue weighted by molar-refractivity contribution is -0.383. The Balaban J connectivity index is 2.30. The van der Waals surface area contributed by atoms with Gasteiger partial charge in [0.2, 0.25) is 11.6 Å². The smallest absolute Gasteiger partial charge is 0.353 e. The van der Waals surface area contributed by atoms with Gasteiger partial charge in [0.15, 0.2) is 0 Å². The molecule has 0 aliphatic heterocycles. The van der Waals surface area contributed by atoms with Crippen LogP contribution in [-0.2, 0) is 6.54 Å². The normalized spacial score (nSPS) is 10.3. The first-order valence-corrected chi connectivity index (χ1v) is 7.30. The number of aliphatic hydroxyl groups excluding tert-OH is 1. The molecule has 0 saturated carbocycles. The summed E-state index contributed by atoms with van der Waals surface area (Å²) in [6, 6.07) is 9.55. The van der Waals surface area contributed by atoms with Crippen LogP contribution in [0.3, 0.4) is 0 Å². The van der Waals surface area contributed by atoms with E-state index in [1.165, 1.54) is 6.33 Å². The van der Waals surface area contributed by atoms with Crippen molar-refractivity contribution < 1.29 is 10.0 Å². The van der Waals surface area contributed by atoms with Crippen molar-refractivity contribution in [2.24, 2.45) is 0 Å². The van der Waals surface area contributed by atoms with E-state index in [0.29, 0.717) is 13.1 Å². The first-order valence-electron chi connectivity index (χ1n) is 7.30. The summed E-state index contributed by atoms with van der Waals surface area (Å²) in [6.45, 7) is 2.92. The number of rotatable bonds is 8. The standard InChI is InChI=1S/C15H19N5O3/c1-2-19(8-9-21)15-13(20(22)23)14(17-11-18-15)16-10-12-6-4-3-5-7-12/h3-7,11,21H,2,8-10H2,1H3,(H,16,17,18). The lowest BCUT2D eigenvalue weighted by Gasteiger charge is -2.20. The molecule has 0 aliphatic rings. The van der Waals surface area contributed by atoms with E-state index in [-0.39, 0.29) is 30.5 Å². The summed E-state index contributed by atoms with van der Waals surface area (Å²) in [7, 11) is 0. The van der Waals surface area contributed by atoms with Crippen LogP contribution in [0, 0.1) is 10.1 Å². The van der Waals surface area contributed by atoms with Gasteiger partial charge in [0.1, 0.15) is 6.33 Å². The molecule has 8 heteroatoms. The number of aliphatic hydroxyl groups is 1. The van der Waals surface area contributed by atoms with Crippen LogP contribution < -0.4 is 10.2 Å². The summed E-state index contributed by atoms with van der Waals surface area (Å²) in [6.07, 6.45) is 1.29. The van der Waals surface area contributed by atoms with E-state index in [0.717, 1.165) is 5.56 Å². The van der Waals surface area contributed by atoms with Crippen LogP contribution in [0.4, 0.5) is 17.3 Å². The monoisotopic (exact) mass is 317 g/mol. The molecule has 1 aromatic carbocycles. The number of nitro groups is 1. The molecular formula is C15H19N5O3. The zero-order valence-corrected chi connectivity index (χ0v) is 12.8. The highest BCUT2D eigenvalue weighted by Crippen LogP contribution is 2.31. The molecule has 0 radical (unpaired) electrons. The van der Waals surface area contributed by atoms with Gasteiger partial charge in [-0.25, -0.2) is 9.97 Å². The average molecular weight is 317 g/mol. The van der Waals surface area contributed by atoms with Crippen LogP contribution in [0.15, 0.2) is 36.7 Å². The molecule has 0 saturated heterocycles. The predicted molar refractivity (Wildman–Crippen MR) is 87.4 cm³/mol. The van der Waals surface area contributed by atoms with Crippen molar-refractivity contribution in [2.45, 2.75) is 13.5 Å². The summed E-state index contributed by atoms with van der Waals surface area (Å²) in [4.78, 5) is 20.7. The molecule has 0 amide bonds. The van der Waals surface area contributed by atoms with Crippen molar-refractivity contribution in [1.82, 2.24) is 9.97 Å². The predicted octanol–water partition coefficient (Wildman–Crippen LogP) is 1.82. The lowest BCUT2D eigenvalue weighted by Crippen LogP contribution is -2.28. The largest absolute Gasteiger partial charge is 0.395 e. The van der Waals surface area contributed by atoms with Gasteiger partial charge in [-0.1, -0.05) is 30.3 Å². The van der Waals surface area contributed by atoms with Crippen molar-refractivity contribution >= 4 is 17.3 Å². The molecule has 8 nitrogen and oxygen atoms in total. The highest BCUT2D eigenvalue weighted by atomic mass is 16.6. The molecule has 2 aromatic rings. The maximum absolute atomic E-state index is 11.5. The number of hydrogen-bond acceptors (Lipinski definition) is 7. The Morgan fingerprint density at radius 2 is 2.04 bits per heavy atom. The first-order chi connectivity index (χ1) is 11.2. The van der Waals surface area contributed by atoms with E-state index in [2.05, 4.69) is 15.3 Å². The van der Waals surface area contributed by atoms with Gasteiger partial charge in [-0.15, -0.1) is 0 Å². The molecule has 2 N–H and O–H groups in total. The SMILES string of the molecule is CCN(CCO)c1ncnc(NCc2ccccc2)c1[N+](=O)[O-]. The fourth-order valence-corrected chi connectivity index (χ4v) is 2.21. The average Bonchev–Trinajstić information content (AvgIpc) is 2.58. The minimum absolute atomic E-state index is 0.109. The van der Waals surface area contributed by atoms with Gasteiger partial charge >= 0.3 is 5.69 Å². The molecule has 122 valence electrons. The Morgan fingerprint density at radius 1 is 1.30 bits per heavy atom. The van der Waals surface area contributed by atoms with Crippen LogP contribution in [-0.4, -0.2) is 39.7 Å². The number of hydrogen-bond donors (Lipinski definition) is 2. The fraction of sp³-hybridized carbons (Fsp3) is 0.333. The van der Waals surface area contributed by atoms with Gasteiger partial charge in [0, 0.05) is 19.6 Å². The van der Waals surface area contributed by atoms with Gasteiger partial charge in [-0.3, -0.25) is 10.1 Å². The summed E-state index contributed by atoms with van der Waals surface area (Å²) in [5.74, 6) is 0.373. The molecule has 0 fully saturated rings. The Kier molecular flexibility index (Phi) is 5.81. The third-order valence-electron chi connectivity index (χ3n) is 3.34. The zero-order valence-electron chi connectivity index (χ0n) is 12.8.